The van der Waals surface area contributed by atoms with Crippen molar-refractivity contribution in [3.05, 3.63) is 5.69 Å². The molecule has 0 aromatic carbocycles. The Balaban J connectivity index is 3.14. The summed E-state index contributed by atoms with van der Waals surface area (Å²) in [7, 11) is 4.03. The van der Waals surface area contributed by atoms with Crippen LogP contribution in [-0.4, -0.2) is 22.9 Å². The van der Waals surface area contributed by atoms with Crippen molar-refractivity contribution in [2.45, 2.75) is 46.1 Å². The molecule has 1 aromatic heterocycles. The standard InChI is InChI=1S/C12H24N4/c1-7-9(4)15(5)12-10(13)11(8(2)3)14-16(12)6/h8-9H,7,13H2,1-6H3. The van der Waals surface area contributed by atoms with Crippen molar-refractivity contribution >= 4 is 11.5 Å². The van der Waals surface area contributed by atoms with E-state index >= 15 is 0 Å². The Hall–Kier alpha value is -1.19. The molecule has 0 spiro atoms. The molecule has 1 heterocycles. The molecule has 1 rings (SSSR count). The third-order valence-electron chi connectivity index (χ3n) is 3.21. The van der Waals surface area contributed by atoms with E-state index in [-0.39, 0.29) is 0 Å². The lowest BCUT2D eigenvalue weighted by molar-refractivity contribution is 0.627. The van der Waals surface area contributed by atoms with Gasteiger partial charge in [-0.15, -0.1) is 0 Å². The van der Waals surface area contributed by atoms with Gasteiger partial charge in [-0.25, -0.2) is 0 Å². The van der Waals surface area contributed by atoms with Gasteiger partial charge in [-0.05, 0) is 19.3 Å². The quantitative estimate of drug-likeness (QED) is 0.854. The first-order chi connectivity index (χ1) is 7.40. The fourth-order valence-electron chi connectivity index (χ4n) is 1.88. The maximum atomic E-state index is 6.17. The van der Waals surface area contributed by atoms with E-state index in [1.807, 2.05) is 11.7 Å². The van der Waals surface area contributed by atoms with Gasteiger partial charge >= 0.3 is 0 Å². The number of hydrogen-bond acceptors (Lipinski definition) is 3. The van der Waals surface area contributed by atoms with E-state index in [4.69, 9.17) is 5.73 Å². The van der Waals surface area contributed by atoms with Gasteiger partial charge in [0.25, 0.3) is 0 Å². The van der Waals surface area contributed by atoms with E-state index in [1.165, 1.54) is 0 Å². The molecule has 4 heteroatoms. The number of rotatable bonds is 4. The van der Waals surface area contributed by atoms with Crippen LogP contribution in [0.2, 0.25) is 0 Å². The average Bonchev–Trinajstić information content (AvgIpc) is 2.52. The van der Waals surface area contributed by atoms with Crippen molar-refractivity contribution in [1.29, 1.82) is 0 Å². The van der Waals surface area contributed by atoms with Crippen molar-refractivity contribution in [1.82, 2.24) is 9.78 Å². The van der Waals surface area contributed by atoms with Crippen LogP contribution in [0.25, 0.3) is 0 Å². The van der Waals surface area contributed by atoms with Gasteiger partial charge in [0.15, 0.2) is 0 Å². The minimum Gasteiger partial charge on any atom is -0.394 e. The first-order valence-electron chi connectivity index (χ1n) is 5.95. The summed E-state index contributed by atoms with van der Waals surface area (Å²) in [6, 6.07) is 0.470. The minimum atomic E-state index is 0.366. The van der Waals surface area contributed by atoms with Crippen LogP contribution in [0.1, 0.15) is 45.7 Å². The Bertz CT molecular complexity index is 354. The summed E-state index contributed by atoms with van der Waals surface area (Å²) in [6.07, 6.45) is 1.10. The number of nitrogens with zero attached hydrogens (tertiary/aromatic N) is 3. The maximum absolute atomic E-state index is 6.17. The molecular weight excluding hydrogens is 200 g/mol. The summed E-state index contributed by atoms with van der Waals surface area (Å²) >= 11 is 0. The van der Waals surface area contributed by atoms with Gasteiger partial charge in [-0.2, -0.15) is 5.10 Å². The molecule has 0 saturated heterocycles. The first-order valence-corrected chi connectivity index (χ1v) is 5.95. The van der Waals surface area contributed by atoms with Crippen LogP contribution in [0.5, 0.6) is 0 Å². The van der Waals surface area contributed by atoms with Crippen LogP contribution in [0.15, 0.2) is 0 Å². The highest BCUT2D eigenvalue weighted by atomic mass is 15.4. The Morgan fingerprint density at radius 3 is 2.31 bits per heavy atom. The van der Waals surface area contributed by atoms with Crippen molar-refractivity contribution in [2.75, 3.05) is 17.7 Å². The van der Waals surface area contributed by atoms with Crippen LogP contribution in [0.3, 0.4) is 0 Å². The van der Waals surface area contributed by atoms with Gasteiger partial charge in [-0.3, -0.25) is 4.68 Å². The monoisotopic (exact) mass is 224 g/mol. The Morgan fingerprint density at radius 1 is 1.38 bits per heavy atom. The van der Waals surface area contributed by atoms with Crippen molar-refractivity contribution < 1.29 is 0 Å². The largest absolute Gasteiger partial charge is 0.394 e. The van der Waals surface area contributed by atoms with Gasteiger partial charge in [0.05, 0.1) is 11.4 Å². The summed E-state index contributed by atoms with van der Waals surface area (Å²) in [6.45, 7) is 8.61. The number of aromatic nitrogens is 2. The molecule has 0 fully saturated rings. The zero-order chi connectivity index (χ0) is 12.5. The summed E-state index contributed by atoms with van der Waals surface area (Å²) in [5.41, 5.74) is 7.99. The molecule has 0 saturated carbocycles. The lowest BCUT2D eigenvalue weighted by atomic mass is 10.1. The van der Waals surface area contributed by atoms with E-state index < -0.39 is 0 Å². The molecule has 0 aliphatic heterocycles. The van der Waals surface area contributed by atoms with E-state index in [9.17, 15) is 0 Å². The summed E-state index contributed by atoms with van der Waals surface area (Å²) in [5.74, 6) is 1.39. The second-order valence-electron chi connectivity index (χ2n) is 4.77. The highest BCUT2D eigenvalue weighted by Crippen LogP contribution is 2.31. The van der Waals surface area contributed by atoms with E-state index in [1.54, 1.807) is 0 Å². The lowest BCUT2D eigenvalue weighted by Gasteiger charge is -2.26. The van der Waals surface area contributed by atoms with E-state index in [2.05, 4.69) is 44.7 Å². The molecular formula is C12H24N4. The van der Waals surface area contributed by atoms with Gasteiger partial charge < -0.3 is 10.6 Å². The van der Waals surface area contributed by atoms with Crippen LogP contribution < -0.4 is 10.6 Å². The van der Waals surface area contributed by atoms with Crippen LogP contribution in [0, 0.1) is 0 Å². The predicted molar refractivity (Wildman–Crippen MR) is 69.9 cm³/mol. The zero-order valence-corrected chi connectivity index (χ0v) is 11.3. The Morgan fingerprint density at radius 2 is 1.94 bits per heavy atom. The van der Waals surface area contributed by atoms with E-state index in [0.29, 0.717) is 12.0 Å². The second-order valence-corrected chi connectivity index (χ2v) is 4.77. The van der Waals surface area contributed by atoms with E-state index in [0.717, 1.165) is 23.6 Å². The van der Waals surface area contributed by atoms with Crippen LogP contribution in [0.4, 0.5) is 11.5 Å². The molecule has 1 unspecified atom stereocenters. The number of nitrogens with two attached hydrogens (primary N) is 1. The molecule has 4 nitrogen and oxygen atoms in total. The van der Waals surface area contributed by atoms with Gasteiger partial charge in [0.2, 0.25) is 0 Å². The SMILES string of the molecule is CCC(C)N(C)c1c(N)c(C(C)C)nn1C. The molecule has 0 radical (unpaired) electrons. The van der Waals surface area contributed by atoms with Gasteiger partial charge in [0, 0.05) is 20.1 Å². The highest BCUT2D eigenvalue weighted by molar-refractivity contribution is 5.67. The molecule has 0 aliphatic carbocycles. The summed E-state index contributed by atoms with van der Waals surface area (Å²) in [4.78, 5) is 2.20. The molecule has 0 bridgehead atoms. The minimum absolute atomic E-state index is 0.366. The summed E-state index contributed by atoms with van der Waals surface area (Å²) < 4.78 is 1.89. The predicted octanol–water partition coefficient (Wildman–Crippen LogP) is 2.36. The second kappa shape index (κ2) is 4.76. The fourth-order valence-corrected chi connectivity index (χ4v) is 1.88. The Kier molecular flexibility index (Phi) is 3.83. The molecule has 1 aromatic rings. The first kappa shape index (κ1) is 12.9. The lowest BCUT2D eigenvalue weighted by Crippen LogP contribution is -2.30. The fraction of sp³-hybridized carbons (Fsp3) is 0.750. The molecule has 1 atom stereocenters. The molecule has 0 amide bonds. The number of aryl methyl sites for hydroxylation is 1. The molecule has 2 N–H and O–H groups in total. The number of nitrogen functional groups attached to an aromatic ring is 1. The highest BCUT2D eigenvalue weighted by Gasteiger charge is 2.20. The van der Waals surface area contributed by atoms with Crippen molar-refractivity contribution in [3.63, 3.8) is 0 Å². The number of hydrogen-bond donors (Lipinski definition) is 1. The van der Waals surface area contributed by atoms with Crippen LogP contribution in [-0.2, 0) is 7.05 Å². The third-order valence-corrected chi connectivity index (χ3v) is 3.21. The van der Waals surface area contributed by atoms with Crippen LogP contribution >= 0.6 is 0 Å². The summed E-state index contributed by atoms with van der Waals surface area (Å²) in [5, 5.41) is 4.50. The third kappa shape index (κ3) is 2.15. The topological polar surface area (TPSA) is 47.1 Å². The maximum Gasteiger partial charge on any atom is 0.150 e. The Labute approximate surface area is 98.4 Å². The molecule has 0 aliphatic rings. The zero-order valence-electron chi connectivity index (χ0n) is 11.3. The molecule has 92 valence electrons. The van der Waals surface area contributed by atoms with Gasteiger partial charge in [0.1, 0.15) is 5.82 Å². The number of anilines is 2. The average molecular weight is 224 g/mol. The molecule has 16 heavy (non-hydrogen) atoms. The van der Waals surface area contributed by atoms with Crippen molar-refractivity contribution in [3.8, 4) is 0 Å². The van der Waals surface area contributed by atoms with Crippen molar-refractivity contribution in [2.24, 2.45) is 7.05 Å². The normalized spacial score (nSPS) is 13.2. The van der Waals surface area contributed by atoms with Gasteiger partial charge in [-0.1, -0.05) is 20.8 Å². The smallest absolute Gasteiger partial charge is 0.150 e.